The molecule has 3 N–H and O–H groups in total. The lowest BCUT2D eigenvalue weighted by Gasteiger charge is -2.34. The molecule has 0 bridgehead atoms. The Balaban J connectivity index is 2.14. The summed E-state index contributed by atoms with van der Waals surface area (Å²) in [5, 5.41) is 21.4. The molecule has 0 aromatic rings. The first-order chi connectivity index (χ1) is 9.92. The Morgan fingerprint density at radius 2 is 1.95 bits per heavy atom. The lowest BCUT2D eigenvalue weighted by atomic mass is 9.76. The highest BCUT2D eigenvalue weighted by atomic mass is 32.3. The van der Waals surface area contributed by atoms with Gasteiger partial charge in [-0.3, -0.25) is 4.55 Å². The summed E-state index contributed by atoms with van der Waals surface area (Å²) in [6, 6.07) is 0. The van der Waals surface area contributed by atoms with Gasteiger partial charge in [-0.2, -0.15) is 8.42 Å². The zero-order chi connectivity index (χ0) is 16.8. The van der Waals surface area contributed by atoms with E-state index in [-0.39, 0.29) is 11.8 Å². The minimum absolute atomic E-state index is 0.170. The molecule has 22 heavy (non-hydrogen) atoms. The molecule has 2 saturated carbocycles. The number of fused-ring (bicyclic) bond motifs is 1. The van der Waals surface area contributed by atoms with Crippen LogP contribution in [0.15, 0.2) is 0 Å². The van der Waals surface area contributed by atoms with Crippen LogP contribution in [0.2, 0.25) is 0 Å². The topological polar surface area (TPSA) is 104 Å². The lowest BCUT2D eigenvalue weighted by Crippen LogP contribution is -2.41. The summed E-state index contributed by atoms with van der Waals surface area (Å²) in [7, 11) is -4.57. The molecule has 0 amide bonds. The number of aliphatic hydroxyl groups is 2. The smallest absolute Gasteiger partial charge is 0.390 e. The summed E-state index contributed by atoms with van der Waals surface area (Å²) >= 11 is 0. The third-order valence-electron chi connectivity index (χ3n) is 5.91. The van der Waals surface area contributed by atoms with Gasteiger partial charge in [0.25, 0.3) is 0 Å². The zero-order valence-corrected chi connectivity index (χ0v) is 14.3. The molecule has 2 aliphatic carbocycles. The molecule has 2 fully saturated rings. The molecule has 0 aromatic carbocycles. The molecule has 0 radical (unpaired) electrons. The van der Waals surface area contributed by atoms with Gasteiger partial charge < -0.3 is 10.2 Å². The van der Waals surface area contributed by atoms with Gasteiger partial charge in [0.2, 0.25) is 0 Å². The molecular formula is C15H28O6S. The van der Waals surface area contributed by atoms with Gasteiger partial charge in [0.05, 0.1) is 17.8 Å². The van der Waals surface area contributed by atoms with Crippen LogP contribution in [0.1, 0.15) is 52.9 Å². The van der Waals surface area contributed by atoms with E-state index in [4.69, 9.17) is 4.55 Å². The van der Waals surface area contributed by atoms with Crippen molar-refractivity contribution >= 4 is 10.4 Å². The normalized spacial score (nSPS) is 42.5. The van der Waals surface area contributed by atoms with Crippen molar-refractivity contribution in [3.63, 3.8) is 0 Å². The first-order valence-corrected chi connectivity index (χ1v) is 9.35. The van der Waals surface area contributed by atoms with E-state index >= 15 is 0 Å². The van der Waals surface area contributed by atoms with E-state index in [9.17, 15) is 18.6 Å². The van der Waals surface area contributed by atoms with Crippen LogP contribution < -0.4 is 0 Å². The molecule has 0 aliphatic heterocycles. The zero-order valence-electron chi connectivity index (χ0n) is 13.5. The van der Waals surface area contributed by atoms with E-state index < -0.39 is 28.2 Å². The van der Waals surface area contributed by atoms with Crippen molar-refractivity contribution < 1.29 is 27.4 Å². The molecule has 2 aliphatic rings. The third-order valence-corrected chi connectivity index (χ3v) is 6.33. The fraction of sp³-hybridized carbons (Fsp3) is 1.00. The van der Waals surface area contributed by atoms with Crippen molar-refractivity contribution in [1.82, 2.24) is 0 Å². The maximum Gasteiger partial charge on any atom is 0.397 e. The highest BCUT2D eigenvalue weighted by molar-refractivity contribution is 7.80. The summed E-state index contributed by atoms with van der Waals surface area (Å²) in [5.41, 5.74) is -2.10. The lowest BCUT2D eigenvalue weighted by molar-refractivity contribution is -0.0503. The predicted octanol–water partition coefficient (Wildman–Crippen LogP) is 1.77. The van der Waals surface area contributed by atoms with Crippen LogP contribution in [0.25, 0.3) is 0 Å². The predicted molar refractivity (Wildman–Crippen MR) is 81.5 cm³/mol. The Labute approximate surface area is 132 Å². The van der Waals surface area contributed by atoms with Crippen molar-refractivity contribution in [2.45, 2.75) is 64.1 Å². The van der Waals surface area contributed by atoms with E-state index in [1.807, 2.05) is 6.92 Å². The van der Waals surface area contributed by atoms with Crippen LogP contribution in [-0.4, -0.2) is 41.0 Å². The molecule has 0 saturated heterocycles. The van der Waals surface area contributed by atoms with Crippen molar-refractivity contribution in [2.24, 2.45) is 23.7 Å². The first-order valence-electron chi connectivity index (χ1n) is 7.99. The number of rotatable bonds is 4. The van der Waals surface area contributed by atoms with Crippen LogP contribution in [0, 0.1) is 23.7 Å². The SMILES string of the molecule is CC1CCC2C1CC(C(C)(O)COS(=O)(=O)O)CCC2(C)O. The Morgan fingerprint density at radius 1 is 1.32 bits per heavy atom. The summed E-state index contributed by atoms with van der Waals surface area (Å²) in [6.45, 7) is 5.11. The van der Waals surface area contributed by atoms with Crippen LogP contribution in [0.5, 0.6) is 0 Å². The minimum atomic E-state index is -4.57. The Kier molecular flexibility index (Phi) is 4.96. The van der Waals surface area contributed by atoms with Gasteiger partial charge in [0.1, 0.15) is 0 Å². The molecule has 0 aromatic heterocycles. The molecule has 6 unspecified atom stereocenters. The van der Waals surface area contributed by atoms with Crippen LogP contribution in [0.3, 0.4) is 0 Å². The number of hydrogen-bond donors (Lipinski definition) is 3. The molecular weight excluding hydrogens is 308 g/mol. The van der Waals surface area contributed by atoms with Crippen LogP contribution >= 0.6 is 0 Å². The summed E-state index contributed by atoms with van der Waals surface area (Å²) in [6.07, 6.45) is 3.99. The van der Waals surface area contributed by atoms with Gasteiger partial charge in [-0.1, -0.05) is 13.3 Å². The van der Waals surface area contributed by atoms with E-state index in [1.54, 1.807) is 0 Å². The quantitative estimate of drug-likeness (QED) is 0.676. The molecule has 2 rings (SSSR count). The van der Waals surface area contributed by atoms with Gasteiger partial charge in [-0.25, -0.2) is 4.18 Å². The maximum absolute atomic E-state index is 10.7. The van der Waals surface area contributed by atoms with Crippen molar-refractivity contribution in [3.8, 4) is 0 Å². The van der Waals surface area contributed by atoms with E-state index in [1.165, 1.54) is 6.92 Å². The maximum atomic E-state index is 10.7. The molecule has 130 valence electrons. The Bertz CT molecular complexity index is 498. The summed E-state index contributed by atoms with van der Waals surface area (Å²) < 4.78 is 34.6. The summed E-state index contributed by atoms with van der Waals surface area (Å²) in [4.78, 5) is 0. The highest BCUT2D eigenvalue weighted by Crippen LogP contribution is 2.51. The van der Waals surface area contributed by atoms with E-state index in [2.05, 4.69) is 11.1 Å². The van der Waals surface area contributed by atoms with Crippen molar-refractivity contribution in [3.05, 3.63) is 0 Å². The van der Waals surface area contributed by atoms with Crippen LogP contribution in [-0.2, 0) is 14.6 Å². The van der Waals surface area contributed by atoms with Crippen molar-refractivity contribution in [2.75, 3.05) is 6.61 Å². The standard InChI is InChI=1S/C15H28O6S/c1-10-4-5-13-12(10)8-11(6-7-14(13,2)16)15(3,17)9-21-22(18,19)20/h10-13,16-17H,4-9H2,1-3H3,(H,18,19,20). The van der Waals surface area contributed by atoms with Gasteiger partial charge >= 0.3 is 10.4 Å². The average Bonchev–Trinajstić information content (AvgIpc) is 2.66. The van der Waals surface area contributed by atoms with Gasteiger partial charge in [0.15, 0.2) is 0 Å². The average molecular weight is 336 g/mol. The highest BCUT2D eigenvalue weighted by Gasteiger charge is 2.49. The van der Waals surface area contributed by atoms with Crippen molar-refractivity contribution in [1.29, 1.82) is 0 Å². The van der Waals surface area contributed by atoms with Gasteiger partial charge in [-0.15, -0.1) is 0 Å². The van der Waals surface area contributed by atoms with E-state index in [0.29, 0.717) is 24.7 Å². The fourth-order valence-corrected chi connectivity index (χ4v) is 4.80. The van der Waals surface area contributed by atoms with Crippen LogP contribution in [0.4, 0.5) is 0 Å². The molecule has 6 atom stereocenters. The first kappa shape index (κ1) is 18.1. The molecule has 7 heteroatoms. The molecule has 0 spiro atoms. The Hall–Kier alpha value is -0.210. The second kappa shape index (κ2) is 6.02. The summed E-state index contributed by atoms with van der Waals surface area (Å²) in [5.74, 6) is 0.858. The minimum Gasteiger partial charge on any atom is -0.390 e. The third kappa shape index (κ3) is 4.00. The number of hydrogen-bond acceptors (Lipinski definition) is 5. The second-order valence-electron chi connectivity index (χ2n) is 7.70. The molecule has 0 heterocycles. The largest absolute Gasteiger partial charge is 0.397 e. The van der Waals surface area contributed by atoms with E-state index in [0.717, 1.165) is 19.3 Å². The van der Waals surface area contributed by atoms with Gasteiger partial charge in [-0.05, 0) is 63.2 Å². The van der Waals surface area contributed by atoms with Gasteiger partial charge in [0, 0.05) is 0 Å². The second-order valence-corrected chi connectivity index (χ2v) is 8.79. The molecule has 6 nitrogen and oxygen atoms in total. The fourth-order valence-electron chi connectivity index (χ4n) is 4.41. The monoisotopic (exact) mass is 336 g/mol. The Morgan fingerprint density at radius 3 is 2.55 bits per heavy atom.